The summed E-state index contributed by atoms with van der Waals surface area (Å²) in [7, 11) is 1.61. The molecule has 20 heavy (non-hydrogen) atoms. The molecule has 0 aromatic heterocycles. The van der Waals surface area contributed by atoms with E-state index in [2.05, 4.69) is 22.9 Å². The molecule has 0 bridgehead atoms. The van der Waals surface area contributed by atoms with Gasteiger partial charge in [0.15, 0.2) is 0 Å². The van der Waals surface area contributed by atoms with Crippen LogP contribution in [-0.2, 0) is 0 Å². The maximum absolute atomic E-state index is 11.9. The minimum Gasteiger partial charge on any atom is -0.497 e. The zero-order chi connectivity index (χ0) is 14.4. The van der Waals surface area contributed by atoms with Crippen LogP contribution in [0.3, 0.4) is 0 Å². The Kier molecular flexibility index (Phi) is 5.24. The van der Waals surface area contributed by atoms with Gasteiger partial charge >= 0.3 is 6.03 Å². The average molecular weight is 277 g/mol. The second-order valence-corrected chi connectivity index (χ2v) is 5.25. The summed E-state index contributed by atoms with van der Waals surface area (Å²) >= 11 is 0. The molecule has 0 radical (unpaired) electrons. The molecule has 3 N–H and O–H groups in total. The van der Waals surface area contributed by atoms with E-state index in [0.717, 1.165) is 18.0 Å². The number of ether oxygens (including phenoxy) is 1. The Morgan fingerprint density at radius 1 is 1.50 bits per heavy atom. The Morgan fingerprint density at radius 3 is 3.10 bits per heavy atom. The zero-order valence-corrected chi connectivity index (χ0v) is 12.1. The van der Waals surface area contributed by atoms with Crippen molar-refractivity contribution in [2.75, 3.05) is 25.5 Å². The topological polar surface area (TPSA) is 62.4 Å². The summed E-state index contributed by atoms with van der Waals surface area (Å²) in [5.41, 5.74) is 0.728. The highest BCUT2D eigenvalue weighted by Crippen LogP contribution is 2.17. The lowest BCUT2D eigenvalue weighted by atomic mass is 9.93. The van der Waals surface area contributed by atoms with Gasteiger partial charge in [-0.2, -0.15) is 0 Å². The van der Waals surface area contributed by atoms with E-state index >= 15 is 0 Å². The molecule has 1 heterocycles. The van der Waals surface area contributed by atoms with Crippen molar-refractivity contribution in [3.63, 3.8) is 0 Å². The van der Waals surface area contributed by atoms with Gasteiger partial charge in [-0.25, -0.2) is 4.79 Å². The van der Waals surface area contributed by atoms with E-state index in [4.69, 9.17) is 4.74 Å². The van der Waals surface area contributed by atoms with Crippen LogP contribution in [0.4, 0.5) is 10.5 Å². The van der Waals surface area contributed by atoms with Crippen molar-refractivity contribution >= 4 is 11.7 Å². The molecule has 2 unspecified atom stereocenters. The van der Waals surface area contributed by atoms with Crippen molar-refractivity contribution in [2.45, 2.75) is 25.8 Å². The number of methoxy groups -OCH3 is 1. The van der Waals surface area contributed by atoms with Crippen LogP contribution in [0.15, 0.2) is 24.3 Å². The van der Waals surface area contributed by atoms with Crippen molar-refractivity contribution in [1.82, 2.24) is 10.6 Å². The summed E-state index contributed by atoms with van der Waals surface area (Å²) in [5.74, 6) is 1.33. The van der Waals surface area contributed by atoms with E-state index < -0.39 is 0 Å². The van der Waals surface area contributed by atoms with Gasteiger partial charge in [0.1, 0.15) is 5.75 Å². The molecule has 1 aromatic carbocycles. The average Bonchev–Trinajstić information content (AvgIpc) is 2.46. The van der Waals surface area contributed by atoms with E-state index in [-0.39, 0.29) is 6.03 Å². The van der Waals surface area contributed by atoms with Crippen molar-refractivity contribution in [1.29, 1.82) is 0 Å². The fourth-order valence-electron chi connectivity index (χ4n) is 2.47. The first-order valence-electron chi connectivity index (χ1n) is 7.11. The van der Waals surface area contributed by atoms with Gasteiger partial charge in [-0.1, -0.05) is 13.0 Å². The summed E-state index contributed by atoms with van der Waals surface area (Å²) in [6.45, 7) is 3.91. The zero-order valence-electron chi connectivity index (χ0n) is 12.1. The van der Waals surface area contributed by atoms with Gasteiger partial charge in [-0.3, -0.25) is 0 Å². The van der Waals surface area contributed by atoms with E-state index in [1.165, 1.54) is 12.8 Å². The molecule has 1 aromatic rings. The lowest BCUT2D eigenvalue weighted by molar-refractivity contribution is 0.244. The maximum atomic E-state index is 11.9. The molecule has 1 aliphatic rings. The number of carbonyl (C=O) groups excluding carboxylic acids is 1. The van der Waals surface area contributed by atoms with Gasteiger partial charge in [0.2, 0.25) is 0 Å². The third-order valence-corrected chi connectivity index (χ3v) is 3.74. The molecule has 1 fully saturated rings. The first-order chi connectivity index (χ1) is 9.69. The van der Waals surface area contributed by atoms with Gasteiger partial charge in [0.05, 0.1) is 7.11 Å². The van der Waals surface area contributed by atoms with E-state index in [1.54, 1.807) is 13.2 Å². The molecule has 2 amide bonds. The Hall–Kier alpha value is -1.75. The highest BCUT2D eigenvalue weighted by Gasteiger charge is 2.20. The fourth-order valence-corrected chi connectivity index (χ4v) is 2.47. The number of piperidine rings is 1. The number of urea groups is 1. The molecule has 2 atom stereocenters. The number of carbonyl (C=O) groups is 1. The summed E-state index contributed by atoms with van der Waals surface area (Å²) in [6, 6.07) is 7.50. The van der Waals surface area contributed by atoms with Gasteiger partial charge in [-0.05, 0) is 37.4 Å². The van der Waals surface area contributed by atoms with Crippen LogP contribution in [0.1, 0.15) is 19.8 Å². The molecule has 5 nitrogen and oxygen atoms in total. The van der Waals surface area contributed by atoms with Crippen LogP contribution in [-0.4, -0.2) is 32.3 Å². The van der Waals surface area contributed by atoms with Gasteiger partial charge in [0.25, 0.3) is 0 Å². The second-order valence-electron chi connectivity index (χ2n) is 5.25. The van der Waals surface area contributed by atoms with Crippen LogP contribution in [0.5, 0.6) is 5.75 Å². The standard InChI is InChI=1S/C15H23N3O2/c1-11-5-4-8-16-14(11)10-17-15(19)18-12-6-3-7-13(9-12)20-2/h3,6-7,9,11,14,16H,4-5,8,10H2,1-2H3,(H2,17,18,19). The van der Waals surface area contributed by atoms with Crippen LogP contribution in [0, 0.1) is 5.92 Å². The number of hydrogen-bond donors (Lipinski definition) is 3. The SMILES string of the molecule is COc1cccc(NC(=O)NCC2NCCCC2C)c1. The maximum Gasteiger partial charge on any atom is 0.319 e. The van der Waals surface area contributed by atoms with Crippen molar-refractivity contribution < 1.29 is 9.53 Å². The summed E-state index contributed by atoms with van der Waals surface area (Å²) in [6.07, 6.45) is 2.44. The van der Waals surface area contributed by atoms with Crippen LogP contribution < -0.4 is 20.7 Å². The van der Waals surface area contributed by atoms with Crippen LogP contribution in [0.2, 0.25) is 0 Å². The summed E-state index contributed by atoms with van der Waals surface area (Å²) in [4.78, 5) is 11.9. The van der Waals surface area contributed by atoms with E-state index in [9.17, 15) is 4.79 Å². The van der Waals surface area contributed by atoms with Crippen molar-refractivity contribution in [2.24, 2.45) is 5.92 Å². The molecular weight excluding hydrogens is 254 g/mol. The third kappa shape index (κ3) is 4.13. The lowest BCUT2D eigenvalue weighted by Crippen LogP contribution is -2.48. The Balaban J connectivity index is 1.79. The first kappa shape index (κ1) is 14.7. The highest BCUT2D eigenvalue weighted by molar-refractivity contribution is 5.89. The molecular formula is C15H23N3O2. The third-order valence-electron chi connectivity index (χ3n) is 3.74. The normalized spacial score (nSPS) is 22.1. The molecule has 0 aliphatic carbocycles. The number of amides is 2. The first-order valence-corrected chi connectivity index (χ1v) is 7.11. The molecule has 1 saturated heterocycles. The Bertz CT molecular complexity index is 450. The minimum atomic E-state index is -0.183. The van der Waals surface area contributed by atoms with Crippen LogP contribution >= 0.6 is 0 Å². The Labute approximate surface area is 120 Å². The highest BCUT2D eigenvalue weighted by atomic mass is 16.5. The quantitative estimate of drug-likeness (QED) is 0.790. The monoisotopic (exact) mass is 277 g/mol. The van der Waals surface area contributed by atoms with Gasteiger partial charge in [0, 0.05) is 24.3 Å². The predicted molar refractivity (Wildman–Crippen MR) is 80.2 cm³/mol. The van der Waals surface area contributed by atoms with E-state index in [0.29, 0.717) is 18.5 Å². The summed E-state index contributed by atoms with van der Waals surface area (Å²) < 4.78 is 5.12. The molecule has 1 aliphatic heterocycles. The molecule has 2 rings (SSSR count). The van der Waals surface area contributed by atoms with Crippen molar-refractivity contribution in [3.8, 4) is 5.75 Å². The lowest BCUT2D eigenvalue weighted by Gasteiger charge is -2.30. The number of rotatable bonds is 4. The number of anilines is 1. The number of nitrogens with one attached hydrogen (secondary N) is 3. The minimum absolute atomic E-state index is 0.183. The number of benzene rings is 1. The van der Waals surface area contributed by atoms with Gasteiger partial charge in [-0.15, -0.1) is 0 Å². The van der Waals surface area contributed by atoms with E-state index in [1.807, 2.05) is 18.2 Å². The largest absolute Gasteiger partial charge is 0.497 e. The van der Waals surface area contributed by atoms with Crippen LogP contribution in [0.25, 0.3) is 0 Å². The molecule has 0 spiro atoms. The van der Waals surface area contributed by atoms with Crippen molar-refractivity contribution in [3.05, 3.63) is 24.3 Å². The summed E-state index contributed by atoms with van der Waals surface area (Å²) in [5, 5.41) is 9.17. The van der Waals surface area contributed by atoms with Gasteiger partial charge < -0.3 is 20.7 Å². The molecule has 110 valence electrons. The predicted octanol–water partition coefficient (Wildman–Crippen LogP) is 2.20. The smallest absolute Gasteiger partial charge is 0.319 e. The Morgan fingerprint density at radius 2 is 2.35 bits per heavy atom. The second kappa shape index (κ2) is 7.14. The fraction of sp³-hybridized carbons (Fsp3) is 0.533. The molecule has 5 heteroatoms. The molecule has 0 saturated carbocycles. The number of hydrogen-bond acceptors (Lipinski definition) is 3.